The molecule has 0 saturated carbocycles. The van der Waals surface area contributed by atoms with Crippen LogP contribution in [0.25, 0.3) is 0 Å². The Morgan fingerprint density at radius 2 is 2.33 bits per heavy atom. The Balaban J connectivity index is 2.05. The zero-order chi connectivity index (χ0) is 13.0. The molecule has 1 amide bonds. The Bertz CT molecular complexity index is 410. The van der Waals surface area contributed by atoms with E-state index in [4.69, 9.17) is 10.5 Å². The lowest BCUT2D eigenvalue weighted by atomic mass is 9.79. The lowest BCUT2D eigenvalue weighted by molar-refractivity contribution is -0.130. The number of nitrogens with two attached hydrogens (primary N) is 1. The Morgan fingerprint density at radius 3 is 2.89 bits per heavy atom. The van der Waals surface area contributed by atoms with E-state index in [1.54, 1.807) is 10.9 Å². The molecule has 1 aromatic rings. The number of aromatic nitrogens is 2. The van der Waals surface area contributed by atoms with E-state index in [0.717, 1.165) is 12.2 Å². The minimum absolute atomic E-state index is 0.0241. The summed E-state index contributed by atoms with van der Waals surface area (Å²) < 4.78 is 7.07. The molecular formula is C12H20N4O2. The van der Waals surface area contributed by atoms with Crippen molar-refractivity contribution in [3.05, 3.63) is 12.4 Å². The number of aryl methyl sites for hydroxylation is 1. The average molecular weight is 252 g/mol. The molecule has 6 heteroatoms. The van der Waals surface area contributed by atoms with Gasteiger partial charge < -0.3 is 15.8 Å². The van der Waals surface area contributed by atoms with Crippen molar-refractivity contribution in [3.8, 4) is 0 Å². The highest BCUT2D eigenvalue weighted by Gasteiger charge is 2.38. The van der Waals surface area contributed by atoms with E-state index in [1.165, 1.54) is 0 Å². The van der Waals surface area contributed by atoms with Gasteiger partial charge in [-0.1, -0.05) is 0 Å². The first kappa shape index (κ1) is 13.0. The van der Waals surface area contributed by atoms with Crippen LogP contribution in [0.2, 0.25) is 0 Å². The van der Waals surface area contributed by atoms with Crippen LogP contribution < -0.4 is 11.1 Å². The first-order valence-corrected chi connectivity index (χ1v) is 6.32. The molecule has 0 aliphatic carbocycles. The molecule has 2 heterocycles. The molecule has 0 spiro atoms. The summed E-state index contributed by atoms with van der Waals surface area (Å²) in [7, 11) is 0. The maximum Gasteiger partial charge on any atom is 0.232 e. The van der Waals surface area contributed by atoms with Crippen LogP contribution in [0.15, 0.2) is 12.4 Å². The van der Waals surface area contributed by atoms with E-state index >= 15 is 0 Å². The minimum atomic E-state index is -0.493. The number of carbonyl (C=O) groups is 1. The van der Waals surface area contributed by atoms with Gasteiger partial charge >= 0.3 is 0 Å². The Labute approximate surface area is 106 Å². The Morgan fingerprint density at radius 1 is 1.61 bits per heavy atom. The number of anilines is 1. The standard InChI is InChI=1S/C12H20N4O2/c1-2-16-8-10(7-14-16)15-11(17)12(9-13)3-5-18-6-4-12/h7-8H,2-6,9,13H2,1H3,(H,15,17). The van der Waals surface area contributed by atoms with E-state index in [9.17, 15) is 4.79 Å². The van der Waals surface area contributed by atoms with Crippen LogP contribution >= 0.6 is 0 Å². The molecule has 1 fully saturated rings. The van der Waals surface area contributed by atoms with Gasteiger partial charge in [0.2, 0.25) is 5.91 Å². The lowest BCUT2D eigenvalue weighted by Gasteiger charge is -2.34. The minimum Gasteiger partial charge on any atom is -0.381 e. The van der Waals surface area contributed by atoms with Crippen molar-refractivity contribution in [2.75, 3.05) is 25.1 Å². The summed E-state index contributed by atoms with van der Waals surface area (Å²) in [6, 6.07) is 0. The number of rotatable bonds is 4. The van der Waals surface area contributed by atoms with Crippen molar-refractivity contribution in [3.63, 3.8) is 0 Å². The molecule has 1 saturated heterocycles. The van der Waals surface area contributed by atoms with Gasteiger partial charge in [0.25, 0.3) is 0 Å². The van der Waals surface area contributed by atoms with Gasteiger partial charge in [0.15, 0.2) is 0 Å². The lowest BCUT2D eigenvalue weighted by Crippen LogP contribution is -2.46. The van der Waals surface area contributed by atoms with Gasteiger partial charge in [-0.15, -0.1) is 0 Å². The van der Waals surface area contributed by atoms with Gasteiger partial charge in [-0.05, 0) is 19.8 Å². The summed E-state index contributed by atoms with van der Waals surface area (Å²) in [6.07, 6.45) is 4.83. The van der Waals surface area contributed by atoms with E-state index in [-0.39, 0.29) is 5.91 Å². The molecule has 0 bridgehead atoms. The van der Waals surface area contributed by atoms with Gasteiger partial charge in [0.05, 0.1) is 17.3 Å². The van der Waals surface area contributed by atoms with E-state index in [0.29, 0.717) is 32.6 Å². The number of hydrogen-bond donors (Lipinski definition) is 2. The highest BCUT2D eigenvalue weighted by molar-refractivity contribution is 5.95. The quantitative estimate of drug-likeness (QED) is 0.822. The molecule has 0 aromatic carbocycles. The van der Waals surface area contributed by atoms with Crippen LogP contribution in [-0.4, -0.2) is 35.4 Å². The van der Waals surface area contributed by atoms with Crippen molar-refractivity contribution < 1.29 is 9.53 Å². The van der Waals surface area contributed by atoms with E-state index in [2.05, 4.69) is 10.4 Å². The van der Waals surface area contributed by atoms with Crippen LogP contribution in [-0.2, 0) is 16.1 Å². The van der Waals surface area contributed by atoms with Gasteiger partial charge in [-0.2, -0.15) is 5.10 Å². The van der Waals surface area contributed by atoms with Crippen molar-refractivity contribution in [2.24, 2.45) is 11.1 Å². The second kappa shape index (κ2) is 5.49. The third-order valence-electron chi connectivity index (χ3n) is 3.54. The van der Waals surface area contributed by atoms with Crippen LogP contribution in [0.5, 0.6) is 0 Å². The second-order valence-corrected chi connectivity index (χ2v) is 4.64. The van der Waals surface area contributed by atoms with Gasteiger partial charge in [0.1, 0.15) is 0 Å². The van der Waals surface area contributed by atoms with Crippen LogP contribution in [0.3, 0.4) is 0 Å². The molecule has 2 rings (SSSR count). The average Bonchev–Trinajstić information content (AvgIpc) is 2.87. The van der Waals surface area contributed by atoms with Crippen LogP contribution in [0.4, 0.5) is 5.69 Å². The van der Waals surface area contributed by atoms with Gasteiger partial charge in [-0.3, -0.25) is 9.48 Å². The molecule has 0 radical (unpaired) electrons. The van der Waals surface area contributed by atoms with Gasteiger partial charge in [-0.25, -0.2) is 0 Å². The summed E-state index contributed by atoms with van der Waals surface area (Å²) >= 11 is 0. The zero-order valence-electron chi connectivity index (χ0n) is 10.7. The molecule has 1 aliphatic heterocycles. The van der Waals surface area contributed by atoms with Crippen LogP contribution in [0.1, 0.15) is 19.8 Å². The predicted molar refractivity (Wildman–Crippen MR) is 68.1 cm³/mol. The third-order valence-corrected chi connectivity index (χ3v) is 3.54. The molecule has 1 aliphatic rings. The molecule has 3 N–H and O–H groups in total. The maximum absolute atomic E-state index is 12.3. The summed E-state index contributed by atoms with van der Waals surface area (Å²) in [5.41, 5.74) is 6.02. The molecule has 1 aromatic heterocycles. The van der Waals surface area contributed by atoms with E-state index in [1.807, 2.05) is 13.1 Å². The largest absolute Gasteiger partial charge is 0.381 e. The molecule has 0 atom stereocenters. The van der Waals surface area contributed by atoms with Gasteiger partial charge in [0, 0.05) is 32.5 Å². The smallest absolute Gasteiger partial charge is 0.232 e. The summed E-state index contributed by atoms with van der Waals surface area (Å²) in [5, 5.41) is 7.03. The maximum atomic E-state index is 12.3. The van der Waals surface area contributed by atoms with Crippen molar-refractivity contribution >= 4 is 11.6 Å². The Hall–Kier alpha value is -1.40. The normalized spacial score (nSPS) is 18.6. The van der Waals surface area contributed by atoms with E-state index < -0.39 is 5.41 Å². The zero-order valence-corrected chi connectivity index (χ0v) is 10.7. The summed E-state index contributed by atoms with van der Waals surface area (Å²) in [5.74, 6) is -0.0241. The van der Waals surface area contributed by atoms with Crippen molar-refractivity contribution in [1.29, 1.82) is 0 Å². The number of amides is 1. The summed E-state index contributed by atoms with van der Waals surface area (Å²) in [4.78, 5) is 12.3. The van der Waals surface area contributed by atoms with Crippen molar-refractivity contribution in [1.82, 2.24) is 9.78 Å². The first-order valence-electron chi connectivity index (χ1n) is 6.32. The molecule has 6 nitrogen and oxygen atoms in total. The monoisotopic (exact) mass is 252 g/mol. The molecule has 100 valence electrons. The topological polar surface area (TPSA) is 82.2 Å². The van der Waals surface area contributed by atoms with Crippen LogP contribution in [0, 0.1) is 5.41 Å². The predicted octanol–water partition coefficient (Wildman–Crippen LogP) is 0.597. The highest BCUT2D eigenvalue weighted by atomic mass is 16.5. The highest BCUT2D eigenvalue weighted by Crippen LogP contribution is 2.30. The number of ether oxygens (including phenoxy) is 1. The Kier molecular flexibility index (Phi) is 3.98. The molecule has 0 unspecified atom stereocenters. The number of nitrogens with zero attached hydrogens (tertiary/aromatic N) is 2. The molecular weight excluding hydrogens is 232 g/mol. The summed E-state index contributed by atoms with van der Waals surface area (Å²) in [6.45, 7) is 4.33. The third kappa shape index (κ3) is 2.54. The number of nitrogens with one attached hydrogen (secondary N) is 1. The fraction of sp³-hybridized carbons (Fsp3) is 0.667. The molecule has 18 heavy (non-hydrogen) atoms. The number of hydrogen-bond acceptors (Lipinski definition) is 4. The SMILES string of the molecule is CCn1cc(NC(=O)C2(CN)CCOCC2)cn1. The fourth-order valence-electron chi connectivity index (χ4n) is 2.15. The first-order chi connectivity index (χ1) is 8.70. The second-order valence-electron chi connectivity index (χ2n) is 4.64. The van der Waals surface area contributed by atoms with Crippen molar-refractivity contribution in [2.45, 2.75) is 26.3 Å². The fourth-order valence-corrected chi connectivity index (χ4v) is 2.15. The number of carbonyl (C=O) groups excluding carboxylic acids is 1.